The summed E-state index contributed by atoms with van der Waals surface area (Å²) >= 11 is 0. The highest BCUT2D eigenvalue weighted by molar-refractivity contribution is 7.16. The van der Waals surface area contributed by atoms with Crippen LogP contribution in [0.15, 0.2) is 0 Å². The molecule has 0 heterocycles. The van der Waals surface area contributed by atoms with Crippen LogP contribution < -0.4 is 0 Å². The van der Waals surface area contributed by atoms with Crippen LogP contribution in [0.25, 0.3) is 0 Å². The van der Waals surface area contributed by atoms with Gasteiger partial charge in [0.1, 0.15) is 0 Å². The number of hydrogen-bond donors (Lipinski definition) is 0. The van der Waals surface area contributed by atoms with E-state index >= 15 is 0 Å². The zero-order valence-electron chi connectivity index (χ0n) is 10.2. The smallest absolute Gasteiger partial charge is 0.00294 e. The fourth-order valence-corrected chi connectivity index (χ4v) is 3.78. The molecule has 0 bridgehead atoms. The summed E-state index contributed by atoms with van der Waals surface area (Å²) in [5, 5.41) is 0. The van der Waals surface area contributed by atoms with Crippen LogP contribution >= 0.6 is 9.24 Å². The molecule has 1 saturated carbocycles. The van der Waals surface area contributed by atoms with Crippen LogP contribution in [-0.2, 0) is 0 Å². The minimum Gasteiger partial charge on any atom is -0.309 e. The van der Waals surface area contributed by atoms with Crippen molar-refractivity contribution >= 4 is 9.24 Å². The first-order valence-electron chi connectivity index (χ1n) is 5.81. The molecule has 0 aromatic heterocycles. The van der Waals surface area contributed by atoms with Crippen molar-refractivity contribution < 1.29 is 0 Å². The molecule has 0 aliphatic heterocycles. The summed E-state index contributed by atoms with van der Waals surface area (Å²) in [7, 11) is 7.26. The summed E-state index contributed by atoms with van der Waals surface area (Å²) in [5.41, 5.74) is 0.577. The molecule has 1 nitrogen and oxygen atoms in total. The zero-order valence-corrected chi connectivity index (χ0v) is 11.4. The van der Waals surface area contributed by atoms with E-state index in [1.54, 1.807) is 0 Å². The third kappa shape index (κ3) is 3.21. The van der Waals surface area contributed by atoms with Crippen LogP contribution in [0.4, 0.5) is 0 Å². The van der Waals surface area contributed by atoms with Gasteiger partial charge in [-0.3, -0.25) is 0 Å². The van der Waals surface area contributed by atoms with Gasteiger partial charge in [0, 0.05) is 6.54 Å². The zero-order chi connectivity index (χ0) is 10.8. The normalized spacial score (nSPS) is 38.1. The van der Waals surface area contributed by atoms with E-state index in [0.29, 0.717) is 5.41 Å². The molecule has 4 atom stereocenters. The monoisotopic (exact) mass is 215 g/mol. The predicted octanol–water partition coefficient (Wildman–Crippen LogP) is 2.87. The molecule has 1 aliphatic rings. The van der Waals surface area contributed by atoms with E-state index in [2.05, 4.69) is 42.1 Å². The Bertz CT molecular complexity index is 181. The van der Waals surface area contributed by atoms with Gasteiger partial charge in [-0.25, -0.2) is 0 Å². The lowest BCUT2D eigenvalue weighted by Crippen LogP contribution is -2.29. The van der Waals surface area contributed by atoms with Gasteiger partial charge < -0.3 is 4.90 Å². The highest BCUT2D eigenvalue weighted by atomic mass is 31.0. The van der Waals surface area contributed by atoms with Gasteiger partial charge in [0.25, 0.3) is 0 Å². The average Bonchev–Trinajstić information content (AvgIpc) is 2.25. The van der Waals surface area contributed by atoms with Gasteiger partial charge in [0.05, 0.1) is 0 Å². The highest BCUT2D eigenvalue weighted by Gasteiger charge is 2.39. The Balaban J connectivity index is 2.51. The summed E-state index contributed by atoms with van der Waals surface area (Å²) in [6.45, 7) is 6.16. The van der Waals surface area contributed by atoms with E-state index in [1.807, 2.05) is 0 Å². The quantitative estimate of drug-likeness (QED) is 0.652. The molecule has 1 fully saturated rings. The molecule has 84 valence electrons. The lowest BCUT2D eigenvalue weighted by molar-refractivity contribution is 0.215. The fraction of sp³-hybridized carbons (Fsp3) is 1.00. The highest BCUT2D eigenvalue weighted by Crippen LogP contribution is 2.46. The van der Waals surface area contributed by atoms with Crippen molar-refractivity contribution in [2.75, 3.05) is 26.8 Å². The minimum atomic E-state index is 0.577. The molecular formula is C12H26NP. The Morgan fingerprint density at radius 2 is 2.00 bits per heavy atom. The summed E-state index contributed by atoms with van der Waals surface area (Å²) in [6.07, 6.45) is 5.52. The molecule has 2 heteroatoms. The summed E-state index contributed by atoms with van der Waals surface area (Å²) in [5.74, 6) is 1.90. The van der Waals surface area contributed by atoms with Crippen molar-refractivity contribution in [2.45, 2.75) is 33.1 Å². The molecule has 0 radical (unpaired) electrons. The third-order valence-corrected chi connectivity index (χ3v) is 3.94. The molecular weight excluding hydrogens is 189 g/mol. The molecule has 14 heavy (non-hydrogen) atoms. The van der Waals surface area contributed by atoms with Crippen molar-refractivity contribution in [3.63, 3.8) is 0 Å². The topological polar surface area (TPSA) is 3.24 Å². The second-order valence-corrected chi connectivity index (χ2v) is 6.35. The first kappa shape index (κ1) is 12.5. The predicted molar refractivity (Wildman–Crippen MR) is 67.7 cm³/mol. The van der Waals surface area contributed by atoms with E-state index in [-0.39, 0.29) is 0 Å². The van der Waals surface area contributed by atoms with Gasteiger partial charge >= 0.3 is 0 Å². The lowest BCUT2D eigenvalue weighted by atomic mass is 9.87. The second kappa shape index (κ2) is 4.94. The molecule has 0 aromatic carbocycles. The summed E-state index contributed by atoms with van der Waals surface area (Å²) in [4.78, 5) is 2.34. The standard InChI is InChI=1S/C12H26NP/c1-10-7-12(2,9-13(3)4)8-11(10)5-6-14/h10-11H,5-9,14H2,1-4H3. The largest absolute Gasteiger partial charge is 0.309 e. The second-order valence-electron chi connectivity index (χ2n) is 5.77. The van der Waals surface area contributed by atoms with Crippen molar-refractivity contribution in [1.29, 1.82) is 0 Å². The Labute approximate surface area is 91.8 Å². The van der Waals surface area contributed by atoms with E-state index in [9.17, 15) is 0 Å². The Kier molecular flexibility index (Phi) is 4.40. The number of nitrogens with zero attached hydrogens (tertiary/aromatic N) is 1. The first-order chi connectivity index (χ1) is 6.47. The van der Waals surface area contributed by atoms with Gasteiger partial charge in [-0.05, 0) is 56.8 Å². The van der Waals surface area contributed by atoms with Crippen molar-refractivity contribution in [3.8, 4) is 0 Å². The molecule has 0 N–H and O–H groups in total. The van der Waals surface area contributed by atoms with Crippen LogP contribution in [0.3, 0.4) is 0 Å². The Morgan fingerprint density at radius 3 is 2.50 bits per heavy atom. The van der Waals surface area contributed by atoms with Crippen LogP contribution in [0.1, 0.15) is 33.1 Å². The van der Waals surface area contributed by atoms with E-state index in [1.165, 1.54) is 32.0 Å². The minimum absolute atomic E-state index is 0.577. The lowest BCUT2D eigenvalue weighted by Gasteiger charge is -2.28. The number of rotatable bonds is 4. The van der Waals surface area contributed by atoms with Crippen LogP contribution in [0.2, 0.25) is 0 Å². The van der Waals surface area contributed by atoms with Gasteiger partial charge in [-0.2, -0.15) is 0 Å². The van der Waals surface area contributed by atoms with E-state index < -0.39 is 0 Å². The van der Waals surface area contributed by atoms with Crippen LogP contribution in [-0.4, -0.2) is 31.7 Å². The van der Waals surface area contributed by atoms with Crippen LogP contribution in [0.5, 0.6) is 0 Å². The van der Waals surface area contributed by atoms with Gasteiger partial charge in [-0.15, -0.1) is 9.24 Å². The molecule has 0 saturated heterocycles. The van der Waals surface area contributed by atoms with E-state index in [0.717, 1.165) is 11.8 Å². The SMILES string of the molecule is CC1CC(C)(CN(C)C)CC1CCP. The van der Waals surface area contributed by atoms with E-state index in [4.69, 9.17) is 0 Å². The van der Waals surface area contributed by atoms with Crippen molar-refractivity contribution in [1.82, 2.24) is 4.90 Å². The summed E-state index contributed by atoms with van der Waals surface area (Å²) in [6, 6.07) is 0. The summed E-state index contributed by atoms with van der Waals surface area (Å²) < 4.78 is 0. The third-order valence-electron chi connectivity index (χ3n) is 3.61. The average molecular weight is 215 g/mol. The molecule has 0 amide bonds. The molecule has 1 rings (SSSR count). The van der Waals surface area contributed by atoms with Gasteiger partial charge in [0.2, 0.25) is 0 Å². The fourth-order valence-electron chi connectivity index (χ4n) is 3.35. The first-order valence-corrected chi connectivity index (χ1v) is 6.63. The Hall–Kier alpha value is 0.390. The van der Waals surface area contributed by atoms with Crippen molar-refractivity contribution in [3.05, 3.63) is 0 Å². The number of hydrogen-bond acceptors (Lipinski definition) is 1. The molecule has 0 spiro atoms. The maximum absolute atomic E-state index is 2.87. The maximum Gasteiger partial charge on any atom is 0.00294 e. The van der Waals surface area contributed by atoms with Crippen LogP contribution in [0, 0.1) is 17.3 Å². The maximum atomic E-state index is 2.87. The van der Waals surface area contributed by atoms with Gasteiger partial charge in [0.15, 0.2) is 0 Å². The Morgan fingerprint density at radius 1 is 1.36 bits per heavy atom. The molecule has 1 aliphatic carbocycles. The molecule has 4 unspecified atom stereocenters. The van der Waals surface area contributed by atoms with Gasteiger partial charge in [-0.1, -0.05) is 13.8 Å². The molecule has 0 aromatic rings. The van der Waals surface area contributed by atoms with Crippen molar-refractivity contribution in [2.24, 2.45) is 17.3 Å².